The topological polar surface area (TPSA) is 52.3 Å². The molecule has 4 heteroatoms. The second kappa shape index (κ2) is 3.14. The maximum absolute atomic E-state index is 10.8. The summed E-state index contributed by atoms with van der Waals surface area (Å²) in [4.78, 5) is 14.9. The van der Waals surface area contributed by atoms with Gasteiger partial charge in [-0.05, 0) is 19.1 Å². The largest absolute Gasteiger partial charge is 0.456 e. The van der Waals surface area contributed by atoms with Gasteiger partial charge in [0.1, 0.15) is 5.76 Å². The van der Waals surface area contributed by atoms with Crippen LogP contribution in [0.1, 0.15) is 12.7 Å². The lowest BCUT2D eigenvalue weighted by Gasteiger charge is -1.97. The van der Waals surface area contributed by atoms with Crippen LogP contribution in [0.4, 0.5) is 0 Å². The molecule has 4 nitrogen and oxygen atoms in total. The highest BCUT2D eigenvalue weighted by atomic mass is 16.5. The number of carbonyl (C=O) groups excluding carboxylic acids is 1. The Labute approximate surface area is 80.5 Å². The molecule has 0 amide bonds. The molecule has 0 saturated carbocycles. The number of furan rings is 1. The van der Waals surface area contributed by atoms with Gasteiger partial charge < -0.3 is 9.15 Å². The van der Waals surface area contributed by atoms with Crippen LogP contribution in [0.2, 0.25) is 0 Å². The van der Waals surface area contributed by atoms with Crippen molar-refractivity contribution in [3.05, 3.63) is 24.1 Å². The highest BCUT2D eigenvalue weighted by Crippen LogP contribution is 2.30. The molecule has 0 N–H and O–H groups in total. The lowest BCUT2D eigenvalue weighted by Crippen LogP contribution is -2.01. The molecule has 0 saturated heterocycles. The first-order chi connectivity index (χ1) is 6.68. The molecule has 72 valence electrons. The van der Waals surface area contributed by atoms with Gasteiger partial charge in [-0.25, -0.2) is 4.98 Å². The van der Waals surface area contributed by atoms with Gasteiger partial charge in [-0.15, -0.1) is 0 Å². The van der Waals surface area contributed by atoms with E-state index in [1.165, 1.54) is 6.92 Å². The number of hydrogen-bond donors (Lipinski definition) is 0. The normalized spacial score (nSPS) is 10.4. The summed E-state index contributed by atoms with van der Waals surface area (Å²) in [7, 11) is 0. The Morgan fingerprint density at radius 1 is 1.57 bits per heavy atom. The lowest BCUT2D eigenvalue weighted by molar-refractivity contribution is -0.131. The van der Waals surface area contributed by atoms with Gasteiger partial charge in [-0.1, -0.05) is 0 Å². The van der Waals surface area contributed by atoms with E-state index in [9.17, 15) is 4.79 Å². The molecule has 0 radical (unpaired) electrons. The van der Waals surface area contributed by atoms with Crippen LogP contribution >= 0.6 is 0 Å². The van der Waals surface area contributed by atoms with Crippen molar-refractivity contribution in [2.45, 2.75) is 13.8 Å². The molecule has 2 aromatic heterocycles. The van der Waals surface area contributed by atoms with E-state index in [-0.39, 0.29) is 5.97 Å². The lowest BCUT2D eigenvalue weighted by atomic mass is 10.3. The van der Waals surface area contributed by atoms with Crippen LogP contribution in [0.5, 0.6) is 5.75 Å². The van der Waals surface area contributed by atoms with Crippen LogP contribution in [0.3, 0.4) is 0 Å². The number of fused-ring (bicyclic) bond motifs is 1. The fourth-order valence-electron chi connectivity index (χ4n) is 1.29. The molecule has 0 fully saturated rings. The van der Waals surface area contributed by atoms with Crippen molar-refractivity contribution in [3.63, 3.8) is 0 Å². The van der Waals surface area contributed by atoms with Crippen molar-refractivity contribution in [3.8, 4) is 5.75 Å². The van der Waals surface area contributed by atoms with Crippen LogP contribution in [-0.4, -0.2) is 11.0 Å². The maximum Gasteiger partial charge on any atom is 0.308 e. The minimum atomic E-state index is -0.374. The first kappa shape index (κ1) is 8.74. The van der Waals surface area contributed by atoms with Gasteiger partial charge in [-0.2, -0.15) is 0 Å². The Bertz CT molecular complexity index is 487. The Hall–Kier alpha value is -1.84. The average molecular weight is 191 g/mol. The molecule has 0 spiro atoms. The quantitative estimate of drug-likeness (QED) is 0.647. The third kappa shape index (κ3) is 1.35. The molecular weight excluding hydrogens is 182 g/mol. The minimum absolute atomic E-state index is 0.374. The van der Waals surface area contributed by atoms with E-state index in [2.05, 4.69) is 4.98 Å². The van der Waals surface area contributed by atoms with E-state index in [0.29, 0.717) is 22.6 Å². The fourth-order valence-corrected chi connectivity index (χ4v) is 1.29. The second-order valence-corrected chi connectivity index (χ2v) is 2.93. The summed E-state index contributed by atoms with van der Waals surface area (Å²) < 4.78 is 10.4. The molecule has 0 unspecified atom stereocenters. The average Bonchev–Trinajstić information content (AvgIpc) is 2.43. The molecule has 0 bridgehead atoms. The number of nitrogens with zero attached hydrogens (tertiary/aromatic N) is 1. The number of aromatic nitrogens is 1. The fraction of sp³-hybridized carbons (Fsp3) is 0.200. The molecular formula is C10H9NO3. The van der Waals surface area contributed by atoms with Crippen molar-refractivity contribution in [1.82, 2.24) is 4.98 Å². The van der Waals surface area contributed by atoms with Gasteiger partial charge in [0.15, 0.2) is 16.8 Å². The number of rotatable bonds is 1. The first-order valence-electron chi connectivity index (χ1n) is 4.21. The van der Waals surface area contributed by atoms with E-state index in [0.717, 1.165) is 0 Å². The highest BCUT2D eigenvalue weighted by molar-refractivity contribution is 5.84. The second-order valence-electron chi connectivity index (χ2n) is 2.93. The number of ether oxygens (including phenoxy) is 1. The summed E-state index contributed by atoms with van der Waals surface area (Å²) >= 11 is 0. The predicted octanol–water partition coefficient (Wildman–Crippen LogP) is 2.06. The Balaban J connectivity index is 2.62. The third-order valence-electron chi connectivity index (χ3n) is 1.81. The van der Waals surface area contributed by atoms with Gasteiger partial charge >= 0.3 is 5.97 Å². The van der Waals surface area contributed by atoms with Crippen LogP contribution in [-0.2, 0) is 4.79 Å². The molecule has 2 rings (SSSR count). The Kier molecular flexibility index (Phi) is 1.96. The van der Waals surface area contributed by atoms with Crippen LogP contribution in [0.15, 0.2) is 22.7 Å². The van der Waals surface area contributed by atoms with Crippen molar-refractivity contribution in [2.24, 2.45) is 0 Å². The summed E-state index contributed by atoms with van der Waals surface area (Å²) in [5.41, 5.74) is 1.21. The number of aryl methyl sites for hydroxylation is 1. The summed E-state index contributed by atoms with van der Waals surface area (Å²) in [6, 6.07) is 3.55. The third-order valence-corrected chi connectivity index (χ3v) is 1.81. The first-order valence-corrected chi connectivity index (χ1v) is 4.21. The summed E-state index contributed by atoms with van der Waals surface area (Å²) in [6.07, 6.45) is 1.63. The number of hydrogen-bond acceptors (Lipinski definition) is 4. The van der Waals surface area contributed by atoms with E-state index in [1.807, 2.05) is 0 Å². The molecule has 0 aromatic carbocycles. The van der Waals surface area contributed by atoms with Crippen LogP contribution in [0.25, 0.3) is 11.1 Å². The molecule has 0 aliphatic rings. The van der Waals surface area contributed by atoms with Gasteiger partial charge in [0.2, 0.25) is 0 Å². The smallest absolute Gasteiger partial charge is 0.308 e. The summed E-state index contributed by atoms with van der Waals surface area (Å²) in [6.45, 7) is 3.08. The summed E-state index contributed by atoms with van der Waals surface area (Å²) in [5, 5.41) is 0. The van der Waals surface area contributed by atoms with Crippen LogP contribution < -0.4 is 4.74 Å². The van der Waals surface area contributed by atoms with Crippen molar-refractivity contribution in [2.75, 3.05) is 0 Å². The molecule has 0 aliphatic carbocycles. The standard InChI is InChI=1S/C10H9NO3/c1-6-10(14-7(2)12)9-8(13-6)4-3-5-11-9/h3-5H,1-2H3. The zero-order valence-electron chi connectivity index (χ0n) is 7.90. The van der Waals surface area contributed by atoms with Crippen LogP contribution in [0, 0.1) is 6.92 Å². The SMILES string of the molecule is CC(=O)Oc1c(C)oc2cccnc12. The van der Waals surface area contributed by atoms with Gasteiger partial charge in [-0.3, -0.25) is 4.79 Å². The van der Waals surface area contributed by atoms with E-state index >= 15 is 0 Å². The molecule has 0 atom stereocenters. The van der Waals surface area contributed by atoms with Gasteiger partial charge in [0.05, 0.1) is 0 Å². The van der Waals surface area contributed by atoms with E-state index in [1.54, 1.807) is 25.3 Å². The predicted molar refractivity (Wildman–Crippen MR) is 50.1 cm³/mol. The molecule has 14 heavy (non-hydrogen) atoms. The van der Waals surface area contributed by atoms with E-state index < -0.39 is 0 Å². The molecule has 2 heterocycles. The van der Waals surface area contributed by atoms with Crippen molar-refractivity contribution >= 4 is 17.1 Å². The Morgan fingerprint density at radius 2 is 2.36 bits per heavy atom. The minimum Gasteiger partial charge on any atom is -0.456 e. The maximum atomic E-state index is 10.8. The highest BCUT2D eigenvalue weighted by Gasteiger charge is 2.14. The zero-order valence-corrected chi connectivity index (χ0v) is 7.90. The van der Waals surface area contributed by atoms with Crippen molar-refractivity contribution in [1.29, 1.82) is 0 Å². The molecule has 0 aliphatic heterocycles. The monoisotopic (exact) mass is 191 g/mol. The van der Waals surface area contributed by atoms with Gasteiger partial charge in [0, 0.05) is 13.1 Å². The zero-order chi connectivity index (χ0) is 10.1. The summed E-state index contributed by atoms with van der Waals surface area (Å²) in [5.74, 6) is 0.600. The number of carbonyl (C=O) groups is 1. The Morgan fingerprint density at radius 3 is 3.07 bits per heavy atom. The van der Waals surface area contributed by atoms with E-state index in [4.69, 9.17) is 9.15 Å². The number of pyridine rings is 1. The van der Waals surface area contributed by atoms with Gasteiger partial charge in [0.25, 0.3) is 0 Å². The van der Waals surface area contributed by atoms with Crippen molar-refractivity contribution < 1.29 is 13.9 Å². The molecule has 2 aromatic rings. The number of esters is 1.